The molecule has 5 nitrogen and oxygen atoms in total. The van der Waals surface area contributed by atoms with Crippen LogP contribution in [0, 0.1) is 0 Å². The molecule has 7 heteroatoms. The number of pyridine rings is 1. The first-order chi connectivity index (χ1) is 11.1. The average molecular weight is 349 g/mol. The Balaban J connectivity index is 1.79. The van der Waals surface area contributed by atoms with Gasteiger partial charge in [-0.15, -0.1) is 0 Å². The maximum Gasteiger partial charge on any atom is 0.160 e. The molecule has 0 aliphatic carbocycles. The molecule has 0 radical (unpaired) electrons. The quantitative estimate of drug-likeness (QED) is 0.656. The number of phenolic OH excluding ortho intramolecular Hbond substituents is 1. The maximum absolute atomic E-state index is 10.1. The Morgan fingerprint density at radius 3 is 2.87 bits per heavy atom. The molecule has 0 spiro atoms. The third kappa shape index (κ3) is 3.25. The van der Waals surface area contributed by atoms with E-state index in [9.17, 15) is 5.11 Å². The van der Waals surface area contributed by atoms with Crippen LogP contribution in [0.5, 0.6) is 5.75 Å². The smallest absolute Gasteiger partial charge is 0.160 e. The van der Waals surface area contributed by atoms with Gasteiger partial charge in [-0.3, -0.25) is 0 Å². The van der Waals surface area contributed by atoms with Gasteiger partial charge in [-0.05, 0) is 18.2 Å². The predicted octanol–water partition coefficient (Wildman–Crippen LogP) is 3.77. The van der Waals surface area contributed by atoms with Crippen LogP contribution in [0.25, 0.3) is 16.6 Å². The molecule has 0 aliphatic heterocycles. The molecule has 0 saturated carbocycles. The van der Waals surface area contributed by atoms with E-state index in [-0.39, 0.29) is 10.8 Å². The number of nitrogens with zero attached hydrogens (tertiary/aromatic N) is 2. The average Bonchev–Trinajstić information content (AvgIpc) is 3.05. The number of imidazole rings is 1. The minimum Gasteiger partial charge on any atom is -0.504 e. The molecular weight excluding hydrogens is 335 g/mol. The summed E-state index contributed by atoms with van der Waals surface area (Å²) < 4.78 is 0. The Hall–Kier alpha value is -2.24. The number of benzene rings is 1. The highest BCUT2D eigenvalue weighted by atomic mass is 35.5. The van der Waals surface area contributed by atoms with E-state index in [0.717, 1.165) is 12.1 Å². The number of hydrogen-bond donors (Lipinski definition) is 3. The lowest BCUT2D eigenvalue weighted by molar-refractivity contribution is 0.480. The first-order valence-corrected chi connectivity index (χ1v) is 7.70. The zero-order chi connectivity index (χ0) is 16.4. The van der Waals surface area contributed by atoms with Crippen molar-refractivity contribution in [2.75, 3.05) is 6.54 Å². The molecule has 1 aromatic carbocycles. The Morgan fingerprint density at radius 1 is 1.30 bits per heavy atom. The highest BCUT2D eigenvalue weighted by molar-refractivity contribution is 6.39. The molecular formula is C16H14Cl2N4O. The van der Waals surface area contributed by atoms with Crippen molar-refractivity contribution in [2.45, 2.75) is 6.42 Å². The molecule has 3 N–H and O–H groups in total. The molecule has 23 heavy (non-hydrogen) atoms. The van der Waals surface area contributed by atoms with E-state index in [2.05, 4.69) is 26.8 Å². The van der Waals surface area contributed by atoms with Crippen LogP contribution in [0.2, 0.25) is 10.0 Å². The van der Waals surface area contributed by atoms with E-state index in [1.165, 1.54) is 6.07 Å². The molecule has 0 aliphatic rings. The number of hydrogen-bond acceptors (Lipinski definition) is 4. The van der Waals surface area contributed by atoms with E-state index < -0.39 is 0 Å². The van der Waals surface area contributed by atoms with Gasteiger partial charge in [0.2, 0.25) is 0 Å². The summed E-state index contributed by atoms with van der Waals surface area (Å²) in [5.74, 6) is -0.0850. The van der Waals surface area contributed by atoms with E-state index >= 15 is 0 Å². The van der Waals surface area contributed by atoms with Gasteiger partial charge in [-0.1, -0.05) is 29.8 Å². The summed E-state index contributed by atoms with van der Waals surface area (Å²) in [6, 6.07) is 5.09. The fourth-order valence-corrected chi connectivity index (χ4v) is 2.75. The zero-order valence-electron chi connectivity index (χ0n) is 12.1. The lowest BCUT2D eigenvalue weighted by Crippen LogP contribution is -2.16. The molecule has 0 fully saturated rings. The van der Waals surface area contributed by atoms with E-state index in [1.54, 1.807) is 24.7 Å². The van der Waals surface area contributed by atoms with Gasteiger partial charge in [0.05, 0.1) is 27.8 Å². The van der Waals surface area contributed by atoms with Gasteiger partial charge in [0, 0.05) is 30.2 Å². The van der Waals surface area contributed by atoms with Crippen molar-refractivity contribution in [3.63, 3.8) is 0 Å². The molecule has 2 aromatic heterocycles. The van der Waals surface area contributed by atoms with Crippen molar-refractivity contribution in [1.82, 2.24) is 20.3 Å². The molecule has 0 atom stereocenters. The first-order valence-electron chi connectivity index (χ1n) is 6.94. The van der Waals surface area contributed by atoms with Crippen molar-refractivity contribution in [2.24, 2.45) is 0 Å². The summed E-state index contributed by atoms with van der Waals surface area (Å²) in [4.78, 5) is 11.4. The SMILES string of the molecule is C=C(NCCc1cnc[nH]1)c1ccc2c(Cl)cc(Cl)c(O)c2n1. The Bertz CT molecular complexity index is 862. The first kappa shape index (κ1) is 15.6. The number of fused-ring (bicyclic) bond motifs is 1. The van der Waals surface area contributed by atoms with Crippen molar-refractivity contribution < 1.29 is 5.11 Å². The van der Waals surface area contributed by atoms with Gasteiger partial charge < -0.3 is 15.4 Å². The van der Waals surface area contributed by atoms with Crippen LogP contribution in [0.4, 0.5) is 0 Å². The summed E-state index contributed by atoms with van der Waals surface area (Å²) in [6.45, 7) is 4.66. The molecule has 3 aromatic rings. The summed E-state index contributed by atoms with van der Waals surface area (Å²) in [6.07, 6.45) is 4.21. The number of aromatic nitrogens is 3. The monoisotopic (exact) mass is 348 g/mol. The molecule has 3 rings (SSSR count). The number of phenols is 1. The fraction of sp³-hybridized carbons (Fsp3) is 0.125. The lowest BCUT2D eigenvalue weighted by atomic mass is 10.1. The summed E-state index contributed by atoms with van der Waals surface area (Å²) in [5, 5.41) is 14.5. The van der Waals surface area contributed by atoms with Crippen LogP contribution >= 0.6 is 23.2 Å². The van der Waals surface area contributed by atoms with Gasteiger partial charge >= 0.3 is 0 Å². The molecule has 2 heterocycles. The fourth-order valence-electron chi connectivity index (χ4n) is 2.23. The second-order valence-corrected chi connectivity index (χ2v) is 5.83. The maximum atomic E-state index is 10.1. The summed E-state index contributed by atoms with van der Waals surface area (Å²) in [5.41, 5.74) is 2.67. The minimum atomic E-state index is -0.0850. The van der Waals surface area contributed by atoms with Crippen molar-refractivity contribution >= 4 is 39.8 Å². The predicted molar refractivity (Wildman–Crippen MR) is 92.8 cm³/mol. The second kappa shape index (κ2) is 6.48. The van der Waals surface area contributed by atoms with Gasteiger partial charge in [0.25, 0.3) is 0 Å². The normalized spacial score (nSPS) is 10.9. The molecule has 0 amide bonds. The largest absolute Gasteiger partial charge is 0.504 e. The summed E-state index contributed by atoms with van der Waals surface area (Å²) >= 11 is 12.1. The third-order valence-corrected chi connectivity index (χ3v) is 4.05. The Kier molecular flexibility index (Phi) is 4.41. The number of H-pyrrole nitrogens is 1. The van der Waals surface area contributed by atoms with E-state index in [4.69, 9.17) is 23.2 Å². The van der Waals surface area contributed by atoms with Crippen LogP contribution in [0.15, 0.2) is 37.3 Å². The summed E-state index contributed by atoms with van der Waals surface area (Å²) in [7, 11) is 0. The van der Waals surface area contributed by atoms with Crippen LogP contribution < -0.4 is 5.32 Å². The third-order valence-electron chi connectivity index (χ3n) is 3.45. The Labute approximate surface area is 143 Å². The van der Waals surface area contributed by atoms with Gasteiger partial charge in [0.1, 0.15) is 5.52 Å². The standard InChI is InChI=1S/C16H14Cl2N4O/c1-9(20-5-4-10-7-19-8-21-10)14-3-2-11-12(17)6-13(18)16(23)15(11)22-14/h2-3,6-8,20,23H,1,4-5H2,(H,19,21). The van der Waals surface area contributed by atoms with Crippen molar-refractivity contribution in [1.29, 1.82) is 0 Å². The lowest BCUT2D eigenvalue weighted by Gasteiger charge is -2.11. The molecule has 0 saturated heterocycles. The number of rotatable bonds is 5. The molecule has 118 valence electrons. The van der Waals surface area contributed by atoms with Crippen molar-refractivity contribution in [3.8, 4) is 5.75 Å². The molecule has 0 bridgehead atoms. The van der Waals surface area contributed by atoms with Gasteiger partial charge in [0.15, 0.2) is 5.75 Å². The van der Waals surface area contributed by atoms with Crippen LogP contribution in [-0.2, 0) is 6.42 Å². The number of halogens is 2. The highest BCUT2D eigenvalue weighted by Gasteiger charge is 2.12. The number of aromatic hydroxyl groups is 1. The van der Waals surface area contributed by atoms with Crippen molar-refractivity contribution in [3.05, 3.63) is 58.7 Å². The molecule has 0 unspecified atom stereocenters. The zero-order valence-corrected chi connectivity index (χ0v) is 13.6. The van der Waals surface area contributed by atoms with Crippen LogP contribution in [-0.4, -0.2) is 26.6 Å². The number of nitrogens with one attached hydrogen (secondary N) is 2. The van der Waals surface area contributed by atoms with E-state index in [0.29, 0.717) is 33.9 Å². The van der Waals surface area contributed by atoms with E-state index in [1.807, 2.05) is 0 Å². The van der Waals surface area contributed by atoms with Gasteiger partial charge in [-0.2, -0.15) is 0 Å². The topological polar surface area (TPSA) is 73.8 Å². The number of aromatic amines is 1. The minimum absolute atomic E-state index is 0.0850. The highest BCUT2D eigenvalue weighted by Crippen LogP contribution is 2.36. The van der Waals surface area contributed by atoms with Crippen LogP contribution in [0.3, 0.4) is 0 Å². The van der Waals surface area contributed by atoms with Gasteiger partial charge in [-0.25, -0.2) is 9.97 Å². The second-order valence-electron chi connectivity index (χ2n) is 5.01. The Morgan fingerprint density at radius 2 is 2.13 bits per heavy atom. The van der Waals surface area contributed by atoms with Crippen LogP contribution in [0.1, 0.15) is 11.4 Å².